The third-order valence-electron chi connectivity index (χ3n) is 4.39. The highest BCUT2D eigenvalue weighted by Gasteiger charge is 2.12. The smallest absolute Gasteiger partial charge is 0.258 e. The molecule has 0 aliphatic carbocycles. The van der Waals surface area contributed by atoms with Crippen molar-refractivity contribution >= 4 is 16.8 Å². The van der Waals surface area contributed by atoms with E-state index in [0.717, 1.165) is 5.56 Å². The van der Waals surface area contributed by atoms with Gasteiger partial charge in [-0.05, 0) is 30.5 Å². The van der Waals surface area contributed by atoms with E-state index in [-0.39, 0.29) is 24.1 Å². The number of carbonyl (C=O) groups excluding carboxylic acids is 1. The van der Waals surface area contributed by atoms with E-state index in [0.29, 0.717) is 42.4 Å². The van der Waals surface area contributed by atoms with Gasteiger partial charge in [0.05, 0.1) is 23.6 Å². The fourth-order valence-electron chi connectivity index (χ4n) is 3.03. The van der Waals surface area contributed by atoms with Crippen LogP contribution < -0.4 is 10.9 Å². The summed E-state index contributed by atoms with van der Waals surface area (Å²) in [5.41, 5.74) is 1.56. The van der Waals surface area contributed by atoms with Gasteiger partial charge < -0.3 is 15.4 Å². The van der Waals surface area contributed by atoms with E-state index in [4.69, 9.17) is 0 Å². The standard InChI is InChI=1S/C21H23N3O3/c25-14-16(13-15-7-2-1-3-8-15)22-20(26)12-6-11-19-23-18-10-5-4-9-17(18)21(27)24-19/h1-5,7-10,16,25H,6,11-14H2,(H,22,26)(H,23,24,27)/t16-/m1/s1. The summed E-state index contributed by atoms with van der Waals surface area (Å²) in [5.74, 6) is 0.461. The number of fused-ring (bicyclic) bond motifs is 1. The summed E-state index contributed by atoms with van der Waals surface area (Å²) >= 11 is 0. The number of hydrogen-bond acceptors (Lipinski definition) is 4. The molecule has 3 aromatic rings. The van der Waals surface area contributed by atoms with Crippen molar-refractivity contribution in [2.24, 2.45) is 0 Å². The van der Waals surface area contributed by atoms with E-state index in [2.05, 4.69) is 15.3 Å². The summed E-state index contributed by atoms with van der Waals surface area (Å²) in [7, 11) is 0. The van der Waals surface area contributed by atoms with Crippen LogP contribution in [0.3, 0.4) is 0 Å². The van der Waals surface area contributed by atoms with Crippen LogP contribution in [0.25, 0.3) is 10.9 Å². The van der Waals surface area contributed by atoms with Crippen molar-refractivity contribution in [1.82, 2.24) is 15.3 Å². The number of aryl methyl sites for hydroxylation is 1. The number of hydrogen-bond donors (Lipinski definition) is 3. The van der Waals surface area contributed by atoms with Crippen molar-refractivity contribution in [3.05, 3.63) is 76.3 Å². The Bertz CT molecular complexity index is 954. The Labute approximate surface area is 157 Å². The van der Waals surface area contributed by atoms with Gasteiger partial charge in [-0.25, -0.2) is 4.98 Å². The minimum Gasteiger partial charge on any atom is -0.394 e. The van der Waals surface area contributed by atoms with Crippen LogP contribution in [0.5, 0.6) is 0 Å². The number of benzene rings is 2. The minimum absolute atomic E-state index is 0.111. The third kappa shape index (κ3) is 5.24. The number of aromatic amines is 1. The van der Waals surface area contributed by atoms with Crippen molar-refractivity contribution < 1.29 is 9.90 Å². The average Bonchev–Trinajstić information content (AvgIpc) is 2.68. The first-order valence-corrected chi connectivity index (χ1v) is 9.08. The van der Waals surface area contributed by atoms with Gasteiger partial charge in [-0.15, -0.1) is 0 Å². The molecule has 0 saturated heterocycles. The Balaban J connectivity index is 1.51. The van der Waals surface area contributed by atoms with Crippen LogP contribution in [0.4, 0.5) is 0 Å². The van der Waals surface area contributed by atoms with Crippen LogP contribution in [0, 0.1) is 0 Å². The predicted molar refractivity (Wildman–Crippen MR) is 104 cm³/mol. The molecule has 6 nitrogen and oxygen atoms in total. The number of aliphatic hydroxyl groups is 1. The molecule has 140 valence electrons. The van der Waals surface area contributed by atoms with Crippen LogP contribution in [0.15, 0.2) is 59.4 Å². The predicted octanol–water partition coefficient (Wildman–Crippen LogP) is 1.97. The van der Waals surface area contributed by atoms with E-state index in [9.17, 15) is 14.7 Å². The molecule has 27 heavy (non-hydrogen) atoms. The van der Waals surface area contributed by atoms with Gasteiger partial charge in [-0.1, -0.05) is 42.5 Å². The lowest BCUT2D eigenvalue weighted by Gasteiger charge is -2.16. The summed E-state index contributed by atoms with van der Waals surface area (Å²) in [5, 5.41) is 12.9. The number of nitrogens with zero attached hydrogens (tertiary/aromatic N) is 1. The zero-order chi connectivity index (χ0) is 19.1. The molecule has 1 aromatic heterocycles. The number of aromatic nitrogens is 2. The Morgan fingerprint density at radius 3 is 2.63 bits per heavy atom. The van der Waals surface area contributed by atoms with Gasteiger partial charge in [0.2, 0.25) is 5.91 Å². The van der Waals surface area contributed by atoms with Crippen LogP contribution in [-0.4, -0.2) is 33.6 Å². The molecule has 3 N–H and O–H groups in total. The Morgan fingerprint density at radius 2 is 1.85 bits per heavy atom. The van der Waals surface area contributed by atoms with Crippen LogP contribution in [0.2, 0.25) is 0 Å². The average molecular weight is 365 g/mol. The molecule has 0 radical (unpaired) electrons. The van der Waals surface area contributed by atoms with Crippen molar-refractivity contribution in [2.75, 3.05) is 6.61 Å². The van der Waals surface area contributed by atoms with E-state index in [1.807, 2.05) is 36.4 Å². The molecule has 1 amide bonds. The summed E-state index contributed by atoms with van der Waals surface area (Å²) in [6, 6.07) is 16.6. The summed E-state index contributed by atoms with van der Waals surface area (Å²) in [4.78, 5) is 31.4. The number of amides is 1. The van der Waals surface area contributed by atoms with E-state index in [1.54, 1.807) is 18.2 Å². The van der Waals surface area contributed by atoms with Crippen LogP contribution in [0.1, 0.15) is 24.2 Å². The van der Waals surface area contributed by atoms with Crippen LogP contribution in [-0.2, 0) is 17.6 Å². The zero-order valence-corrected chi connectivity index (χ0v) is 15.0. The maximum atomic E-state index is 12.2. The van der Waals surface area contributed by atoms with Gasteiger partial charge in [0, 0.05) is 12.8 Å². The lowest BCUT2D eigenvalue weighted by Crippen LogP contribution is -2.39. The normalized spacial score (nSPS) is 12.0. The molecule has 0 aliphatic heterocycles. The summed E-state index contributed by atoms with van der Waals surface area (Å²) in [6.45, 7) is -0.111. The quantitative estimate of drug-likeness (QED) is 0.569. The molecular formula is C21H23N3O3. The van der Waals surface area contributed by atoms with E-state index < -0.39 is 0 Å². The second kappa shape index (κ2) is 9.09. The Morgan fingerprint density at radius 1 is 1.11 bits per heavy atom. The van der Waals surface area contributed by atoms with Crippen molar-refractivity contribution in [3.63, 3.8) is 0 Å². The van der Waals surface area contributed by atoms with Gasteiger partial charge in [0.25, 0.3) is 5.56 Å². The first-order chi connectivity index (χ1) is 13.2. The summed E-state index contributed by atoms with van der Waals surface area (Å²) < 4.78 is 0. The van der Waals surface area contributed by atoms with Crippen molar-refractivity contribution in [3.8, 4) is 0 Å². The molecule has 1 heterocycles. The number of carbonyl (C=O) groups is 1. The topological polar surface area (TPSA) is 95.1 Å². The number of H-pyrrole nitrogens is 1. The van der Waals surface area contributed by atoms with E-state index >= 15 is 0 Å². The maximum Gasteiger partial charge on any atom is 0.258 e. The van der Waals surface area contributed by atoms with E-state index in [1.165, 1.54) is 0 Å². The molecular weight excluding hydrogens is 342 g/mol. The fraction of sp³-hybridized carbons (Fsp3) is 0.286. The number of nitrogens with one attached hydrogen (secondary N) is 2. The molecule has 6 heteroatoms. The molecule has 0 aliphatic rings. The molecule has 2 aromatic carbocycles. The summed E-state index contributed by atoms with van der Waals surface area (Å²) in [6.07, 6.45) is 1.97. The fourth-order valence-corrected chi connectivity index (χ4v) is 3.03. The zero-order valence-electron chi connectivity index (χ0n) is 15.0. The number of para-hydroxylation sites is 1. The van der Waals surface area contributed by atoms with Gasteiger partial charge in [0.15, 0.2) is 0 Å². The first kappa shape index (κ1) is 18.8. The van der Waals surface area contributed by atoms with Gasteiger partial charge >= 0.3 is 0 Å². The third-order valence-corrected chi connectivity index (χ3v) is 4.39. The minimum atomic E-state index is -0.307. The highest BCUT2D eigenvalue weighted by atomic mass is 16.3. The van der Waals surface area contributed by atoms with Gasteiger partial charge in [-0.3, -0.25) is 9.59 Å². The molecule has 0 fully saturated rings. The molecule has 0 spiro atoms. The van der Waals surface area contributed by atoms with Crippen molar-refractivity contribution in [2.45, 2.75) is 31.7 Å². The Hall–Kier alpha value is -2.99. The van der Waals surface area contributed by atoms with Crippen LogP contribution >= 0.6 is 0 Å². The highest BCUT2D eigenvalue weighted by molar-refractivity contribution is 5.77. The first-order valence-electron chi connectivity index (χ1n) is 9.08. The van der Waals surface area contributed by atoms with Gasteiger partial charge in [0.1, 0.15) is 5.82 Å². The maximum absolute atomic E-state index is 12.2. The second-order valence-electron chi connectivity index (χ2n) is 6.52. The monoisotopic (exact) mass is 365 g/mol. The molecule has 0 unspecified atom stereocenters. The lowest BCUT2D eigenvalue weighted by atomic mass is 10.1. The molecule has 0 saturated carbocycles. The highest BCUT2D eigenvalue weighted by Crippen LogP contribution is 2.08. The SMILES string of the molecule is O=C(CCCc1nc2ccccc2c(=O)[nH]1)N[C@@H](CO)Cc1ccccc1. The number of aliphatic hydroxyl groups excluding tert-OH is 1. The largest absolute Gasteiger partial charge is 0.394 e. The second-order valence-corrected chi connectivity index (χ2v) is 6.52. The molecule has 1 atom stereocenters. The van der Waals surface area contributed by atoms with Crippen molar-refractivity contribution in [1.29, 1.82) is 0 Å². The lowest BCUT2D eigenvalue weighted by molar-refractivity contribution is -0.122. The Kier molecular flexibility index (Phi) is 6.33. The molecule has 0 bridgehead atoms. The molecule has 3 rings (SSSR count). The number of rotatable bonds is 8. The van der Waals surface area contributed by atoms with Gasteiger partial charge in [-0.2, -0.15) is 0 Å².